The number of carbonyl (C=O) groups is 1. The maximum Gasteiger partial charge on any atom is 0.274 e. The molecule has 0 aliphatic carbocycles. The van der Waals surface area contributed by atoms with E-state index in [0.29, 0.717) is 21.3 Å². The van der Waals surface area contributed by atoms with Crippen molar-refractivity contribution in [3.05, 3.63) is 68.2 Å². The van der Waals surface area contributed by atoms with Gasteiger partial charge in [0.05, 0.1) is 10.6 Å². The molecular weight excluding hydrogens is 324 g/mol. The second kappa shape index (κ2) is 5.83. The minimum atomic E-state index is -0.472. The van der Waals surface area contributed by atoms with E-state index in [1.807, 2.05) is 6.07 Å². The summed E-state index contributed by atoms with van der Waals surface area (Å²) >= 11 is 3.29. The molecule has 0 saturated carbocycles. The van der Waals surface area contributed by atoms with Gasteiger partial charge in [-0.1, -0.05) is 18.2 Å². The van der Waals surface area contributed by atoms with Crippen LogP contribution >= 0.6 is 15.9 Å². The number of nitro benzene ring substituents is 1. The van der Waals surface area contributed by atoms with E-state index in [2.05, 4.69) is 21.2 Å². The molecule has 0 saturated heterocycles. The van der Waals surface area contributed by atoms with E-state index >= 15 is 0 Å². The van der Waals surface area contributed by atoms with Gasteiger partial charge in [-0.15, -0.1) is 0 Å². The number of nitro groups is 1. The summed E-state index contributed by atoms with van der Waals surface area (Å²) in [4.78, 5) is 22.5. The number of carbonyl (C=O) groups excluding carboxylic acids is 1. The molecule has 2 aromatic carbocycles. The number of halogens is 1. The van der Waals surface area contributed by atoms with Crippen molar-refractivity contribution in [1.82, 2.24) is 0 Å². The van der Waals surface area contributed by atoms with E-state index < -0.39 is 4.92 Å². The molecule has 0 radical (unpaired) electrons. The van der Waals surface area contributed by atoms with Crippen molar-refractivity contribution in [3.8, 4) is 0 Å². The fraction of sp³-hybridized carbons (Fsp3) is 0.0714. The first kappa shape index (κ1) is 14.2. The van der Waals surface area contributed by atoms with Crippen molar-refractivity contribution < 1.29 is 9.72 Å². The third-order valence-electron chi connectivity index (χ3n) is 2.77. The molecule has 0 aromatic heterocycles. The largest absolute Gasteiger partial charge is 0.321 e. The van der Waals surface area contributed by atoms with E-state index in [1.165, 1.54) is 6.07 Å². The zero-order valence-corrected chi connectivity index (χ0v) is 12.2. The predicted octanol–water partition coefficient (Wildman–Crippen LogP) is 3.92. The Balaban J connectivity index is 2.32. The molecule has 5 nitrogen and oxygen atoms in total. The van der Waals surface area contributed by atoms with Gasteiger partial charge in [0.2, 0.25) is 0 Å². The highest BCUT2D eigenvalue weighted by atomic mass is 79.9. The summed E-state index contributed by atoms with van der Waals surface area (Å²) in [6, 6.07) is 11.6. The van der Waals surface area contributed by atoms with Crippen molar-refractivity contribution in [1.29, 1.82) is 0 Å². The van der Waals surface area contributed by atoms with Crippen LogP contribution in [0.2, 0.25) is 0 Å². The van der Waals surface area contributed by atoms with Crippen LogP contribution in [0, 0.1) is 17.0 Å². The maximum absolute atomic E-state index is 12.0. The highest BCUT2D eigenvalue weighted by Crippen LogP contribution is 2.30. The van der Waals surface area contributed by atoms with E-state index in [9.17, 15) is 14.9 Å². The number of hydrogen-bond donors (Lipinski definition) is 1. The van der Waals surface area contributed by atoms with Gasteiger partial charge in [-0.2, -0.15) is 0 Å². The standard InChI is InChI=1S/C14H11BrN2O3/c1-9-7-11(15)12(8-13(9)17(19)20)16-14(18)10-5-3-2-4-6-10/h2-8H,1H3,(H,16,18). The van der Waals surface area contributed by atoms with Gasteiger partial charge < -0.3 is 5.32 Å². The van der Waals surface area contributed by atoms with Crippen molar-refractivity contribution in [3.63, 3.8) is 0 Å². The number of amides is 1. The fourth-order valence-electron chi connectivity index (χ4n) is 1.74. The lowest BCUT2D eigenvalue weighted by Gasteiger charge is -2.08. The summed E-state index contributed by atoms with van der Waals surface area (Å²) in [5, 5.41) is 13.6. The highest BCUT2D eigenvalue weighted by Gasteiger charge is 2.16. The Kier molecular flexibility index (Phi) is 4.14. The molecule has 0 spiro atoms. The number of aryl methyl sites for hydroxylation is 1. The normalized spacial score (nSPS) is 10.1. The minimum absolute atomic E-state index is 0.0310. The van der Waals surface area contributed by atoms with Gasteiger partial charge in [-0.05, 0) is 41.1 Å². The first-order chi connectivity index (χ1) is 9.49. The van der Waals surface area contributed by atoms with Crippen molar-refractivity contribution in [2.24, 2.45) is 0 Å². The Morgan fingerprint density at radius 1 is 1.25 bits per heavy atom. The molecule has 0 bridgehead atoms. The summed E-state index contributed by atoms with van der Waals surface area (Å²) in [6.45, 7) is 1.64. The molecule has 0 aliphatic rings. The third kappa shape index (κ3) is 3.03. The van der Waals surface area contributed by atoms with E-state index in [0.717, 1.165) is 0 Å². The van der Waals surface area contributed by atoms with Crippen LogP contribution in [0.3, 0.4) is 0 Å². The molecule has 2 rings (SSSR count). The molecule has 102 valence electrons. The molecular formula is C14H11BrN2O3. The summed E-state index contributed by atoms with van der Waals surface area (Å²) in [5.41, 5.74) is 1.36. The topological polar surface area (TPSA) is 72.2 Å². The molecule has 1 N–H and O–H groups in total. The number of nitrogens with one attached hydrogen (secondary N) is 1. The predicted molar refractivity (Wildman–Crippen MR) is 79.9 cm³/mol. The molecule has 2 aromatic rings. The highest BCUT2D eigenvalue weighted by molar-refractivity contribution is 9.10. The second-order valence-electron chi connectivity index (χ2n) is 4.20. The SMILES string of the molecule is Cc1cc(Br)c(NC(=O)c2ccccc2)cc1[N+](=O)[O-]. The molecule has 0 unspecified atom stereocenters. The Morgan fingerprint density at radius 2 is 1.90 bits per heavy atom. The first-order valence-electron chi connectivity index (χ1n) is 5.80. The van der Waals surface area contributed by atoms with Crippen LogP contribution in [-0.4, -0.2) is 10.8 Å². The van der Waals surface area contributed by atoms with Gasteiger partial charge in [0.15, 0.2) is 0 Å². The number of hydrogen-bond acceptors (Lipinski definition) is 3. The molecule has 6 heteroatoms. The van der Waals surface area contributed by atoms with Gasteiger partial charge in [0.25, 0.3) is 11.6 Å². The van der Waals surface area contributed by atoms with E-state index in [-0.39, 0.29) is 11.6 Å². The van der Waals surface area contributed by atoms with Crippen LogP contribution in [0.15, 0.2) is 46.9 Å². The Labute approximate surface area is 123 Å². The molecule has 0 aliphatic heterocycles. The monoisotopic (exact) mass is 334 g/mol. The van der Waals surface area contributed by atoms with Crippen LogP contribution in [0.25, 0.3) is 0 Å². The van der Waals surface area contributed by atoms with Crippen LogP contribution in [0.4, 0.5) is 11.4 Å². The van der Waals surface area contributed by atoms with Crippen LogP contribution in [0.5, 0.6) is 0 Å². The smallest absolute Gasteiger partial charge is 0.274 e. The number of rotatable bonds is 3. The average molecular weight is 335 g/mol. The van der Waals surface area contributed by atoms with Crippen LogP contribution < -0.4 is 5.32 Å². The Hall–Kier alpha value is -2.21. The quantitative estimate of drug-likeness (QED) is 0.683. The molecule has 20 heavy (non-hydrogen) atoms. The summed E-state index contributed by atoms with van der Waals surface area (Å²) in [7, 11) is 0. The number of benzene rings is 2. The maximum atomic E-state index is 12.0. The first-order valence-corrected chi connectivity index (χ1v) is 6.59. The van der Waals surface area contributed by atoms with Gasteiger partial charge in [-0.3, -0.25) is 14.9 Å². The van der Waals surface area contributed by atoms with E-state index in [4.69, 9.17) is 0 Å². The lowest BCUT2D eigenvalue weighted by atomic mass is 10.1. The summed E-state index contributed by atoms with van der Waals surface area (Å²) in [6.07, 6.45) is 0. The second-order valence-corrected chi connectivity index (χ2v) is 5.05. The van der Waals surface area contributed by atoms with Gasteiger partial charge in [0, 0.05) is 21.7 Å². The third-order valence-corrected chi connectivity index (χ3v) is 3.42. The summed E-state index contributed by atoms with van der Waals surface area (Å²) < 4.78 is 0.602. The lowest BCUT2D eigenvalue weighted by Crippen LogP contribution is -2.12. The van der Waals surface area contributed by atoms with Crippen molar-refractivity contribution >= 4 is 33.2 Å². The van der Waals surface area contributed by atoms with E-state index in [1.54, 1.807) is 37.3 Å². The molecule has 0 atom stereocenters. The van der Waals surface area contributed by atoms with Gasteiger partial charge in [-0.25, -0.2) is 0 Å². The van der Waals surface area contributed by atoms with Gasteiger partial charge >= 0.3 is 0 Å². The van der Waals surface area contributed by atoms with Crippen LogP contribution in [-0.2, 0) is 0 Å². The zero-order chi connectivity index (χ0) is 14.7. The molecule has 0 fully saturated rings. The lowest BCUT2D eigenvalue weighted by molar-refractivity contribution is -0.385. The number of anilines is 1. The summed E-state index contributed by atoms with van der Waals surface area (Å²) in [5.74, 6) is -0.315. The fourth-order valence-corrected chi connectivity index (χ4v) is 2.29. The van der Waals surface area contributed by atoms with Crippen molar-refractivity contribution in [2.45, 2.75) is 6.92 Å². The average Bonchev–Trinajstić information content (AvgIpc) is 2.42. The molecule has 1 amide bonds. The Morgan fingerprint density at radius 3 is 2.50 bits per heavy atom. The van der Waals surface area contributed by atoms with Crippen molar-refractivity contribution in [2.75, 3.05) is 5.32 Å². The zero-order valence-electron chi connectivity index (χ0n) is 10.6. The number of nitrogens with zero attached hydrogens (tertiary/aromatic N) is 1. The van der Waals surface area contributed by atoms with Gasteiger partial charge in [0.1, 0.15) is 0 Å². The minimum Gasteiger partial charge on any atom is -0.321 e. The van der Waals surface area contributed by atoms with Crippen LogP contribution in [0.1, 0.15) is 15.9 Å². The Bertz CT molecular complexity index is 672. The molecule has 0 heterocycles.